The van der Waals surface area contributed by atoms with E-state index in [1.807, 2.05) is 42.5 Å². The fourth-order valence-electron chi connectivity index (χ4n) is 4.08. The molecule has 1 heterocycles. The molecule has 1 saturated heterocycles. The lowest BCUT2D eigenvalue weighted by Gasteiger charge is -2.26. The number of nitrogens with zero attached hydrogens (tertiary/aromatic N) is 1. The molecule has 0 bridgehead atoms. The lowest BCUT2D eigenvalue weighted by Crippen LogP contribution is -2.29. The Balaban J connectivity index is 1.52. The van der Waals surface area contributed by atoms with Crippen molar-refractivity contribution < 1.29 is 14.7 Å². The van der Waals surface area contributed by atoms with Crippen molar-refractivity contribution in [3.05, 3.63) is 71.3 Å². The van der Waals surface area contributed by atoms with E-state index < -0.39 is 11.9 Å². The summed E-state index contributed by atoms with van der Waals surface area (Å²) >= 11 is 0. The molecule has 4 rings (SSSR count). The third kappa shape index (κ3) is 3.12. The normalized spacial score (nSPS) is 22.8. The van der Waals surface area contributed by atoms with Gasteiger partial charge < -0.3 is 10.0 Å². The molecule has 2 aromatic rings. The summed E-state index contributed by atoms with van der Waals surface area (Å²) in [5.41, 5.74) is 2.93. The highest BCUT2D eigenvalue weighted by molar-refractivity contribution is 5.95. The SMILES string of the molecule is O=C(O)[C@@H]1CN(C(=O)c2ccc(C3CCC3)cc2)C[C@@H]1c1ccccc1. The minimum absolute atomic E-state index is 0.0742. The van der Waals surface area contributed by atoms with Crippen molar-refractivity contribution in [2.75, 3.05) is 13.1 Å². The highest BCUT2D eigenvalue weighted by atomic mass is 16.4. The van der Waals surface area contributed by atoms with Crippen LogP contribution in [0.25, 0.3) is 0 Å². The van der Waals surface area contributed by atoms with Gasteiger partial charge in [-0.1, -0.05) is 48.9 Å². The van der Waals surface area contributed by atoms with Crippen LogP contribution >= 0.6 is 0 Å². The summed E-state index contributed by atoms with van der Waals surface area (Å²) in [6.07, 6.45) is 3.76. The largest absolute Gasteiger partial charge is 0.481 e. The van der Waals surface area contributed by atoms with Crippen LogP contribution in [0.3, 0.4) is 0 Å². The monoisotopic (exact) mass is 349 g/mol. The summed E-state index contributed by atoms with van der Waals surface area (Å²) in [4.78, 5) is 26.3. The molecule has 1 amide bonds. The Morgan fingerprint density at radius 2 is 1.58 bits per heavy atom. The van der Waals surface area contributed by atoms with E-state index in [0.717, 1.165) is 5.56 Å². The Morgan fingerprint density at radius 3 is 2.15 bits per heavy atom. The van der Waals surface area contributed by atoms with Gasteiger partial charge in [-0.3, -0.25) is 9.59 Å². The summed E-state index contributed by atoms with van der Waals surface area (Å²) in [7, 11) is 0. The first-order chi connectivity index (χ1) is 12.6. The molecule has 1 saturated carbocycles. The maximum atomic E-state index is 12.9. The highest BCUT2D eigenvalue weighted by Crippen LogP contribution is 2.37. The third-order valence-corrected chi connectivity index (χ3v) is 5.89. The summed E-state index contributed by atoms with van der Waals surface area (Å²) in [5, 5.41) is 9.61. The number of likely N-dealkylation sites (tertiary alicyclic amines) is 1. The predicted molar refractivity (Wildman–Crippen MR) is 99.2 cm³/mol. The standard InChI is InChI=1S/C22H23NO3/c24-21(18-11-9-16(10-12-18)15-7-4-8-15)23-13-19(20(14-23)22(25)26)17-5-2-1-3-6-17/h1-3,5-6,9-12,15,19-20H,4,7-8,13-14H2,(H,25,26)/t19-,20-/m1/s1. The third-order valence-electron chi connectivity index (χ3n) is 5.89. The number of rotatable bonds is 4. The molecule has 1 N–H and O–H groups in total. The summed E-state index contributed by atoms with van der Waals surface area (Å²) in [5.74, 6) is -0.989. The molecule has 0 spiro atoms. The minimum Gasteiger partial charge on any atom is -0.481 e. The second-order valence-electron chi connectivity index (χ2n) is 7.42. The molecule has 4 heteroatoms. The zero-order chi connectivity index (χ0) is 18.1. The van der Waals surface area contributed by atoms with Gasteiger partial charge in [0.15, 0.2) is 0 Å². The molecule has 26 heavy (non-hydrogen) atoms. The number of carboxylic acids is 1. The van der Waals surface area contributed by atoms with Crippen LogP contribution in [0.5, 0.6) is 0 Å². The van der Waals surface area contributed by atoms with Crippen LogP contribution < -0.4 is 0 Å². The molecule has 2 atom stereocenters. The van der Waals surface area contributed by atoms with Crippen molar-refractivity contribution in [2.45, 2.75) is 31.1 Å². The van der Waals surface area contributed by atoms with Gasteiger partial charge in [0.05, 0.1) is 5.92 Å². The average molecular weight is 349 g/mol. The molecule has 1 aliphatic heterocycles. The molecule has 2 aliphatic rings. The fourth-order valence-corrected chi connectivity index (χ4v) is 4.08. The number of carbonyl (C=O) groups is 2. The first-order valence-corrected chi connectivity index (χ1v) is 9.30. The zero-order valence-electron chi connectivity index (χ0n) is 14.7. The number of carbonyl (C=O) groups excluding carboxylic acids is 1. The molecule has 0 aromatic heterocycles. The molecule has 4 nitrogen and oxygen atoms in total. The van der Waals surface area contributed by atoms with Crippen LogP contribution in [0.4, 0.5) is 0 Å². The van der Waals surface area contributed by atoms with Crippen LogP contribution in [0.2, 0.25) is 0 Å². The average Bonchev–Trinajstić information content (AvgIpc) is 3.07. The predicted octanol–water partition coefficient (Wildman–Crippen LogP) is 3.89. The van der Waals surface area contributed by atoms with Crippen molar-refractivity contribution in [1.29, 1.82) is 0 Å². The lowest BCUT2D eigenvalue weighted by molar-refractivity contribution is -0.141. The molecule has 0 radical (unpaired) electrons. The maximum absolute atomic E-state index is 12.9. The van der Waals surface area contributed by atoms with E-state index in [0.29, 0.717) is 18.0 Å². The van der Waals surface area contributed by atoms with E-state index in [4.69, 9.17) is 0 Å². The van der Waals surface area contributed by atoms with Crippen molar-refractivity contribution in [3.8, 4) is 0 Å². The van der Waals surface area contributed by atoms with Crippen molar-refractivity contribution >= 4 is 11.9 Å². The quantitative estimate of drug-likeness (QED) is 0.911. The first-order valence-electron chi connectivity index (χ1n) is 9.30. The summed E-state index contributed by atoms with van der Waals surface area (Å²) in [6, 6.07) is 17.5. The van der Waals surface area contributed by atoms with Crippen LogP contribution in [0, 0.1) is 5.92 Å². The van der Waals surface area contributed by atoms with E-state index in [1.54, 1.807) is 4.90 Å². The van der Waals surface area contributed by atoms with E-state index in [-0.39, 0.29) is 18.4 Å². The number of aliphatic carboxylic acids is 1. The molecule has 1 aliphatic carbocycles. The molecular weight excluding hydrogens is 326 g/mol. The van der Waals surface area contributed by atoms with Crippen molar-refractivity contribution in [3.63, 3.8) is 0 Å². The van der Waals surface area contributed by atoms with Gasteiger partial charge in [-0.15, -0.1) is 0 Å². The second kappa shape index (κ2) is 6.94. The number of benzene rings is 2. The Bertz CT molecular complexity index is 796. The van der Waals surface area contributed by atoms with E-state index >= 15 is 0 Å². The number of amides is 1. The lowest BCUT2D eigenvalue weighted by atomic mass is 9.80. The first kappa shape index (κ1) is 16.8. The van der Waals surface area contributed by atoms with E-state index in [2.05, 4.69) is 12.1 Å². The summed E-state index contributed by atoms with van der Waals surface area (Å²) in [6.45, 7) is 0.711. The van der Waals surface area contributed by atoms with Gasteiger partial charge in [0.1, 0.15) is 0 Å². The number of hydrogen-bond donors (Lipinski definition) is 1. The van der Waals surface area contributed by atoms with Crippen molar-refractivity contribution in [1.82, 2.24) is 4.90 Å². The van der Waals surface area contributed by atoms with Gasteiger partial charge in [-0.25, -0.2) is 0 Å². The van der Waals surface area contributed by atoms with Crippen LogP contribution in [-0.4, -0.2) is 35.0 Å². The number of hydrogen-bond acceptors (Lipinski definition) is 2. The van der Waals surface area contributed by atoms with Crippen LogP contribution in [-0.2, 0) is 4.79 Å². The van der Waals surface area contributed by atoms with Crippen LogP contribution in [0.1, 0.15) is 52.6 Å². The zero-order valence-corrected chi connectivity index (χ0v) is 14.7. The molecular formula is C22H23NO3. The van der Waals surface area contributed by atoms with Gasteiger partial charge in [0, 0.05) is 24.6 Å². The Hall–Kier alpha value is -2.62. The smallest absolute Gasteiger partial charge is 0.308 e. The molecule has 134 valence electrons. The van der Waals surface area contributed by atoms with E-state index in [9.17, 15) is 14.7 Å². The van der Waals surface area contributed by atoms with Gasteiger partial charge in [0.2, 0.25) is 0 Å². The topological polar surface area (TPSA) is 57.6 Å². The minimum atomic E-state index is -0.838. The molecule has 2 aromatic carbocycles. The molecule has 2 fully saturated rings. The Labute approximate surface area is 153 Å². The van der Waals surface area contributed by atoms with Gasteiger partial charge >= 0.3 is 5.97 Å². The van der Waals surface area contributed by atoms with Crippen molar-refractivity contribution in [2.24, 2.45) is 5.92 Å². The molecule has 0 unspecified atom stereocenters. The van der Waals surface area contributed by atoms with Gasteiger partial charge in [0.25, 0.3) is 5.91 Å². The van der Waals surface area contributed by atoms with Gasteiger partial charge in [-0.05, 0) is 42.0 Å². The fraction of sp³-hybridized carbons (Fsp3) is 0.364. The van der Waals surface area contributed by atoms with Gasteiger partial charge in [-0.2, -0.15) is 0 Å². The Kier molecular flexibility index (Phi) is 4.49. The maximum Gasteiger partial charge on any atom is 0.308 e. The summed E-state index contributed by atoms with van der Waals surface area (Å²) < 4.78 is 0. The highest BCUT2D eigenvalue weighted by Gasteiger charge is 2.40. The van der Waals surface area contributed by atoms with Crippen LogP contribution in [0.15, 0.2) is 54.6 Å². The number of carboxylic acid groups (broad SMARTS) is 1. The van der Waals surface area contributed by atoms with E-state index in [1.165, 1.54) is 24.8 Å². The second-order valence-corrected chi connectivity index (χ2v) is 7.42. The Morgan fingerprint density at radius 1 is 0.885 bits per heavy atom.